The van der Waals surface area contributed by atoms with Crippen LogP contribution in [0.3, 0.4) is 0 Å². The molecule has 0 saturated carbocycles. The van der Waals surface area contributed by atoms with E-state index < -0.39 is 0 Å². The second-order valence-corrected chi connectivity index (χ2v) is 8.09. The summed E-state index contributed by atoms with van der Waals surface area (Å²) in [6, 6.07) is 10.9. The molecule has 0 saturated heterocycles. The summed E-state index contributed by atoms with van der Waals surface area (Å²) in [7, 11) is 1.51. The van der Waals surface area contributed by atoms with Gasteiger partial charge in [0.2, 0.25) is 0 Å². The lowest BCUT2D eigenvalue weighted by Crippen LogP contribution is -2.02. The number of hydrogen-bond acceptors (Lipinski definition) is 5. The minimum absolute atomic E-state index is 0.133. The Kier molecular flexibility index (Phi) is 11.8. The Balaban J connectivity index is 1.66. The lowest BCUT2D eigenvalue weighted by atomic mass is 10.2. The number of unbranched alkanes of at least 4 members (excludes halogenated alkanes) is 2. The molecule has 2 aromatic rings. The molecular weight excluding hydrogens is 484 g/mol. The Hall–Kier alpha value is -1.79. The van der Waals surface area contributed by atoms with Gasteiger partial charge in [-0.1, -0.05) is 51.6 Å². The fourth-order valence-corrected chi connectivity index (χ4v) is 3.17. The summed E-state index contributed by atoms with van der Waals surface area (Å²) in [5, 5.41) is 4.48. The number of hydrogen-bond donors (Lipinski definition) is 0. The number of oxime groups is 1. The predicted octanol–water partition coefficient (Wildman–Crippen LogP) is 7.30. The molecule has 0 aliphatic heterocycles. The maximum absolute atomic E-state index is 6.25. The smallest absolute Gasteiger partial charge is 0.156 e. The van der Waals surface area contributed by atoms with Crippen molar-refractivity contribution < 1.29 is 19.0 Å². The fourth-order valence-electron chi connectivity index (χ4n) is 2.47. The Labute approximate surface area is 202 Å². The van der Waals surface area contributed by atoms with Crippen molar-refractivity contribution in [3.8, 4) is 17.2 Å². The van der Waals surface area contributed by atoms with Gasteiger partial charge in [-0.2, -0.15) is 0 Å². The molecule has 2 rings (SSSR count). The minimum atomic E-state index is 0.133. The average Bonchev–Trinajstić information content (AvgIpc) is 2.73. The molecule has 0 N–H and O–H groups in total. The van der Waals surface area contributed by atoms with Crippen LogP contribution in [0.2, 0.25) is 10.0 Å². The highest BCUT2D eigenvalue weighted by Gasteiger charge is 2.10. The number of nitrogens with zero attached hydrogens (tertiary/aromatic N) is 1. The molecule has 0 amide bonds. The third-order valence-electron chi connectivity index (χ3n) is 3.95. The summed E-state index contributed by atoms with van der Waals surface area (Å²) in [4.78, 5) is 4.65. The molecule has 0 radical (unpaired) electrons. The van der Waals surface area contributed by atoms with Crippen LogP contribution in [0.4, 0.5) is 0 Å². The van der Waals surface area contributed by atoms with Crippen LogP contribution >= 0.6 is 46.4 Å². The largest absolute Gasteiger partial charge is 0.494 e. The van der Waals surface area contributed by atoms with Gasteiger partial charge in [0.05, 0.1) is 29.5 Å². The molecule has 0 unspecified atom stereocenters. The van der Waals surface area contributed by atoms with Gasteiger partial charge in [-0.15, -0.1) is 0 Å². The molecule has 9 heteroatoms. The van der Waals surface area contributed by atoms with E-state index in [2.05, 4.69) is 9.99 Å². The summed E-state index contributed by atoms with van der Waals surface area (Å²) in [5.74, 6) is 1.76. The van der Waals surface area contributed by atoms with Crippen molar-refractivity contribution in [3.63, 3.8) is 0 Å². The van der Waals surface area contributed by atoms with Crippen molar-refractivity contribution in [3.05, 3.63) is 62.6 Å². The topological polar surface area (TPSA) is 49.3 Å². The highest BCUT2D eigenvalue weighted by atomic mass is 35.5. The van der Waals surface area contributed by atoms with Gasteiger partial charge in [0.15, 0.2) is 5.75 Å². The van der Waals surface area contributed by atoms with Gasteiger partial charge in [0.25, 0.3) is 0 Å². The van der Waals surface area contributed by atoms with Gasteiger partial charge in [0, 0.05) is 12.1 Å². The van der Waals surface area contributed by atoms with E-state index in [0.717, 1.165) is 30.6 Å². The third kappa shape index (κ3) is 9.92. The molecule has 0 spiro atoms. The predicted molar refractivity (Wildman–Crippen MR) is 128 cm³/mol. The minimum Gasteiger partial charge on any atom is -0.494 e. The number of rotatable bonds is 13. The van der Waals surface area contributed by atoms with Gasteiger partial charge in [-0.3, -0.25) is 0 Å². The van der Waals surface area contributed by atoms with Crippen LogP contribution in [0, 0.1) is 0 Å². The average molecular weight is 507 g/mol. The van der Waals surface area contributed by atoms with Crippen molar-refractivity contribution in [2.45, 2.75) is 19.3 Å². The molecule has 0 aliphatic rings. The van der Waals surface area contributed by atoms with E-state index in [1.165, 1.54) is 13.2 Å². The van der Waals surface area contributed by atoms with E-state index in [9.17, 15) is 0 Å². The van der Waals surface area contributed by atoms with Crippen molar-refractivity contribution >= 4 is 52.6 Å². The maximum atomic E-state index is 6.25. The van der Waals surface area contributed by atoms with Gasteiger partial charge < -0.3 is 19.0 Å². The van der Waals surface area contributed by atoms with Crippen LogP contribution < -0.4 is 14.2 Å². The van der Waals surface area contributed by atoms with Crippen LogP contribution in [0.15, 0.2) is 52.1 Å². The molecule has 0 heterocycles. The van der Waals surface area contributed by atoms with E-state index in [4.69, 9.17) is 60.6 Å². The number of benzene rings is 2. The summed E-state index contributed by atoms with van der Waals surface area (Å²) < 4.78 is 17.1. The molecule has 2 aromatic carbocycles. The summed E-state index contributed by atoms with van der Waals surface area (Å²) in [6.07, 6.45) is 5.85. The Bertz CT molecular complexity index is 845. The zero-order chi connectivity index (χ0) is 22.5. The van der Waals surface area contributed by atoms with Crippen LogP contribution in [-0.4, -0.2) is 33.1 Å². The van der Waals surface area contributed by atoms with E-state index in [0.29, 0.717) is 34.8 Å². The van der Waals surface area contributed by atoms with Crippen molar-refractivity contribution in [2.24, 2.45) is 5.16 Å². The second-order valence-electron chi connectivity index (χ2n) is 6.26. The van der Waals surface area contributed by atoms with Crippen LogP contribution in [0.25, 0.3) is 0 Å². The third-order valence-corrected chi connectivity index (χ3v) is 4.82. The number of halogens is 4. The zero-order valence-electron chi connectivity index (χ0n) is 17.0. The van der Waals surface area contributed by atoms with Gasteiger partial charge in [-0.05, 0) is 55.2 Å². The first-order valence-electron chi connectivity index (χ1n) is 9.55. The molecule has 0 bridgehead atoms. The van der Waals surface area contributed by atoms with Gasteiger partial charge in [-0.25, -0.2) is 0 Å². The maximum Gasteiger partial charge on any atom is 0.156 e. The molecular formula is C22H23Cl4NO4. The van der Waals surface area contributed by atoms with Crippen LogP contribution in [-0.2, 0) is 4.84 Å². The first-order chi connectivity index (χ1) is 15.0. The quantitative estimate of drug-likeness (QED) is 0.162. The standard InChI is InChI=1S/C22H23Cl4NO4/c1-28-27-15-16-5-7-17(8-6-16)29-10-3-2-4-11-31-22-19(23)13-18(14-20(22)24)30-12-9-21(25)26/h5-9,13-15H,2-4,10-12H2,1H3. The molecule has 0 atom stereocenters. The van der Waals surface area contributed by atoms with E-state index in [1.54, 1.807) is 18.3 Å². The number of ether oxygens (including phenoxy) is 3. The molecule has 0 fully saturated rings. The van der Waals surface area contributed by atoms with Crippen molar-refractivity contribution in [1.82, 2.24) is 0 Å². The van der Waals surface area contributed by atoms with Gasteiger partial charge in [0.1, 0.15) is 29.7 Å². The monoisotopic (exact) mass is 505 g/mol. The fraction of sp³-hybridized carbons (Fsp3) is 0.318. The molecule has 31 heavy (non-hydrogen) atoms. The van der Waals surface area contributed by atoms with Crippen molar-refractivity contribution in [1.29, 1.82) is 0 Å². The highest BCUT2D eigenvalue weighted by Crippen LogP contribution is 2.37. The zero-order valence-corrected chi connectivity index (χ0v) is 20.0. The first-order valence-corrected chi connectivity index (χ1v) is 11.1. The van der Waals surface area contributed by atoms with E-state index >= 15 is 0 Å². The molecule has 168 valence electrons. The summed E-state index contributed by atoms with van der Waals surface area (Å²) in [6.45, 7) is 1.33. The summed E-state index contributed by atoms with van der Waals surface area (Å²) >= 11 is 23.6. The highest BCUT2D eigenvalue weighted by molar-refractivity contribution is 6.55. The Morgan fingerprint density at radius 2 is 1.52 bits per heavy atom. The van der Waals surface area contributed by atoms with Crippen LogP contribution in [0.5, 0.6) is 17.2 Å². The molecule has 0 aromatic heterocycles. The van der Waals surface area contributed by atoms with Crippen LogP contribution in [0.1, 0.15) is 24.8 Å². The van der Waals surface area contributed by atoms with Gasteiger partial charge >= 0.3 is 0 Å². The molecule has 5 nitrogen and oxygen atoms in total. The van der Waals surface area contributed by atoms with Crippen molar-refractivity contribution in [2.75, 3.05) is 26.9 Å². The lowest BCUT2D eigenvalue weighted by Gasteiger charge is -2.12. The Morgan fingerprint density at radius 3 is 2.13 bits per heavy atom. The van der Waals surface area contributed by atoms with E-state index in [-0.39, 0.29) is 11.1 Å². The van der Waals surface area contributed by atoms with E-state index in [1.807, 2.05) is 24.3 Å². The lowest BCUT2D eigenvalue weighted by molar-refractivity contribution is 0.215. The molecule has 0 aliphatic carbocycles. The normalized spacial score (nSPS) is 10.7. The SMILES string of the molecule is CON=Cc1ccc(OCCCCCOc2c(Cl)cc(OCC=C(Cl)Cl)cc2Cl)cc1. The first kappa shape index (κ1) is 25.5. The second kappa shape index (κ2) is 14.3. The Morgan fingerprint density at radius 1 is 0.871 bits per heavy atom. The summed E-state index contributed by atoms with van der Waals surface area (Å²) in [5.41, 5.74) is 0.944.